The van der Waals surface area contributed by atoms with Crippen LogP contribution in [0, 0.1) is 17.1 Å². The normalized spacial score (nSPS) is 20.3. The molecule has 1 aliphatic heterocycles. The SMILES string of the molecule is C[C@H]1Oc2nc(cnc2N)-c2c(nn(C)c2C#N)N(C)S(C)(=O)=Nc2ccc(F)cc21. The average Bonchev–Trinajstić information content (AvgIpc) is 3.05. The quantitative estimate of drug-likeness (QED) is 0.565. The first-order chi connectivity index (χ1) is 14.6. The maximum atomic E-state index is 14.0. The van der Waals surface area contributed by atoms with Crippen LogP contribution in [0.2, 0.25) is 0 Å². The maximum absolute atomic E-state index is 14.0. The molecule has 4 rings (SSSR count). The number of fused-ring (bicyclic) bond motifs is 5. The van der Waals surface area contributed by atoms with Gasteiger partial charge in [-0.2, -0.15) is 14.7 Å². The second-order valence-electron chi connectivity index (χ2n) is 7.04. The number of halogens is 1. The summed E-state index contributed by atoms with van der Waals surface area (Å²) in [5.74, 6) is -0.234. The van der Waals surface area contributed by atoms with Gasteiger partial charge in [-0.3, -0.25) is 8.99 Å². The predicted molar refractivity (Wildman–Crippen MR) is 113 cm³/mol. The van der Waals surface area contributed by atoms with Gasteiger partial charge in [-0.05, 0) is 25.1 Å². The molecule has 1 aliphatic rings. The third-order valence-corrected chi connectivity index (χ3v) is 6.67. The van der Waals surface area contributed by atoms with E-state index in [-0.39, 0.29) is 34.6 Å². The first kappa shape index (κ1) is 20.5. The van der Waals surface area contributed by atoms with Crippen LogP contribution in [0.15, 0.2) is 28.8 Å². The Hall–Kier alpha value is -3.72. The number of aryl methyl sites for hydroxylation is 1. The van der Waals surface area contributed by atoms with Crippen molar-refractivity contribution in [3.05, 3.63) is 41.5 Å². The van der Waals surface area contributed by atoms with Crippen LogP contribution in [0.1, 0.15) is 24.3 Å². The second-order valence-corrected chi connectivity index (χ2v) is 9.30. The molecule has 2 aromatic heterocycles. The van der Waals surface area contributed by atoms with E-state index in [9.17, 15) is 13.9 Å². The number of anilines is 2. The molecule has 0 saturated carbocycles. The van der Waals surface area contributed by atoms with Gasteiger partial charge in [0, 0.05) is 25.9 Å². The fourth-order valence-corrected chi connectivity index (χ4v) is 4.35. The molecule has 1 aromatic carbocycles. The fourth-order valence-electron chi connectivity index (χ4n) is 3.25. The number of ether oxygens (including phenoxy) is 1. The highest BCUT2D eigenvalue weighted by Crippen LogP contribution is 2.38. The summed E-state index contributed by atoms with van der Waals surface area (Å²) in [5, 5.41) is 14.1. The summed E-state index contributed by atoms with van der Waals surface area (Å²) in [6.45, 7) is 1.67. The Balaban J connectivity index is 2.10. The Morgan fingerprint density at radius 1 is 1.35 bits per heavy atom. The minimum atomic E-state index is -3.09. The molecular formula is C19H19FN8O2S. The summed E-state index contributed by atoms with van der Waals surface area (Å²) < 4.78 is 40.6. The van der Waals surface area contributed by atoms with E-state index in [1.54, 1.807) is 21.0 Å². The Kier molecular flexibility index (Phi) is 4.78. The first-order valence-corrected chi connectivity index (χ1v) is 11.0. The summed E-state index contributed by atoms with van der Waals surface area (Å²) in [5.41, 5.74) is 7.38. The molecule has 160 valence electrons. The fraction of sp³-hybridized carbons (Fsp3) is 0.263. The number of rotatable bonds is 0. The van der Waals surface area contributed by atoms with E-state index in [4.69, 9.17) is 10.5 Å². The van der Waals surface area contributed by atoms with E-state index in [1.165, 1.54) is 39.6 Å². The van der Waals surface area contributed by atoms with Crippen LogP contribution < -0.4 is 14.8 Å². The van der Waals surface area contributed by atoms with Crippen LogP contribution in [0.3, 0.4) is 0 Å². The molecule has 0 saturated heterocycles. The number of aromatic nitrogens is 4. The van der Waals surface area contributed by atoms with Gasteiger partial charge in [-0.15, -0.1) is 0 Å². The monoisotopic (exact) mass is 442 g/mol. The molecule has 2 bridgehead atoms. The lowest BCUT2D eigenvalue weighted by Crippen LogP contribution is -2.26. The van der Waals surface area contributed by atoms with Crippen LogP contribution in [-0.4, -0.2) is 37.3 Å². The van der Waals surface area contributed by atoms with Gasteiger partial charge in [0.25, 0.3) is 5.88 Å². The lowest BCUT2D eigenvalue weighted by molar-refractivity contribution is 0.218. The molecule has 0 fully saturated rings. The third kappa shape index (κ3) is 3.42. The van der Waals surface area contributed by atoms with E-state index >= 15 is 0 Å². The van der Waals surface area contributed by atoms with Crippen LogP contribution >= 0.6 is 0 Å². The van der Waals surface area contributed by atoms with E-state index in [1.807, 2.05) is 0 Å². The predicted octanol–water partition coefficient (Wildman–Crippen LogP) is 2.70. The highest BCUT2D eigenvalue weighted by atomic mass is 32.2. The molecule has 31 heavy (non-hydrogen) atoms. The van der Waals surface area contributed by atoms with Gasteiger partial charge >= 0.3 is 0 Å². The largest absolute Gasteiger partial charge is 0.467 e. The minimum Gasteiger partial charge on any atom is -0.467 e. The van der Waals surface area contributed by atoms with Crippen LogP contribution in [0.4, 0.5) is 21.7 Å². The van der Waals surface area contributed by atoms with Crippen LogP contribution in [0.5, 0.6) is 5.88 Å². The molecule has 2 N–H and O–H groups in total. The van der Waals surface area contributed by atoms with Crippen molar-refractivity contribution in [1.29, 1.82) is 5.26 Å². The highest BCUT2D eigenvalue weighted by molar-refractivity contribution is 7.94. The third-order valence-electron chi connectivity index (χ3n) is 4.95. The molecule has 0 aliphatic carbocycles. The van der Waals surface area contributed by atoms with Crippen LogP contribution in [0.25, 0.3) is 11.3 Å². The summed E-state index contributed by atoms with van der Waals surface area (Å²) in [7, 11) is 0.0539. The molecule has 3 aromatic rings. The minimum absolute atomic E-state index is 0.0133. The summed E-state index contributed by atoms with van der Waals surface area (Å²) in [6.07, 6.45) is 2.09. The van der Waals surface area contributed by atoms with Gasteiger partial charge in [0.15, 0.2) is 11.6 Å². The standard InChI is InChI=1S/C19H19FN8O2S/c1-10-12-7-11(20)5-6-13(12)26-31(4,29)28(3)18-16(15(8-21)27(2)25-18)14-9-23-17(22)19(24-14)30-10/h5-7,9-10H,1-4H3,(H2,22,23)/t10-,31?/m1/s1. The van der Waals surface area contributed by atoms with Gasteiger partial charge in [0.2, 0.25) is 0 Å². The Morgan fingerprint density at radius 3 is 2.81 bits per heavy atom. The van der Waals surface area contributed by atoms with E-state index in [0.29, 0.717) is 11.1 Å². The van der Waals surface area contributed by atoms with Crippen molar-refractivity contribution in [2.24, 2.45) is 11.4 Å². The average molecular weight is 442 g/mol. The number of nitrogens with zero attached hydrogens (tertiary/aromatic N) is 7. The molecule has 0 radical (unpaired) electrons. The van der Waals surface area contributed by atoms with E-state index < -0.39 is 21.8 Å². The molecule has 2 atom stereocenters. The number of nitriles is 1. The molecule has 1 unspecified atom stereocenters. The number of nitrogen functional groups attached to an aromatic ring is 1. The maximum Gasteiger partial charge on any atom is 0.258 e. The number of nitrogens with two attached hydrogens (primary N) is 1. The Bertz CT molecular complexity index is 1370. The van der Waals surface area contributed by atoms with Crippen molar-refractivity contribution in [2.45, 2.75) is 13.0 Å². The van der Waals surface area contributed by atoms with Crippen molar-refractivity contribution in [2.75, 3.05) is 23.3 Å². The highest BCUT2D eigenvalue weighted by Gasteiger charge is 2.28. The lowest BCUT2D eigenvalue weighted by atomic mass is 10.1. The van der Waals surface area contributed by atoms with Gasteiger partial charge in [-0.25, -0.2) is 18.6 Å². The van der Waals surface area contributed by atoms with E-state index in [0.717, 1.165) is 0 Å². The molecule has 0 spiro atoms. The Morgan fingerprint density at radius 2 is 2.10 bits per heavy atom. The van der Waals surface area contributed by atoms with Crippen molar-refractivity contribution < 1.29 is 13.3 Å². The summed E-state index contributed by atoms with van der Waals surface area (Å²) in [6, 6.07) is 6.01. The number of hydrogen-bond acceptors (Lipinski definition) is 8. The topological polar surface area (TPSA) is 135 Å². The van der Waals surface area contributed by atoms with Gasteiger partial charge in [-0.1, -0.05) is 0 Å². The van der Waals surface area contributed by atoms with E-state index in [2.05, 4.69) is 25.5 Å². The van der Waals surface area contributed by atoms with Crippen molar-refractivity contribution in [1.82, 2.24) is 19.7 Å². The molecule has 12 heteroatoms. The van der Waals surface area contributed by atoms with Gasteiger partial charge < -0.3 is 10.5 Å². The lowest BCUT2D eigenvalue weighted by Gasteiger charge is -2.23. The van der Waals surface area contributed by atoms with Crippen LogP contribution in [-0.2, 0) is 17.0 Å². The van der Waals surface area contributed by atoms with Gasteiger partial charge in [0.05, 0.1) is 23.1 Å². The molecule has 10 nitrogen and oxygen atoms in total. The van der Waals surface area contributed by atoms with Crippen molar-refractivity contribution >= 4 is 27.2 Å². The zero-order valence-electron chi connectivity index (χ0n) is 17.2. The second kappa shape index (κ2) is 7.21. The molecule has 0 amide bonds. The number of hydrogen-bond donors (Lipinski definition) is 1. The summed E-state index contributed by atoms with van der Waals surface area (Å²) in [4.78, 5) is 8.58. The van der Waals surface area contributed by atoms with Crippen molar-refractivity contribution in [3.8, 4) is 23.2 Å². The molecule has 3 heterocycles. The zero-order chi connectivity index (χ0) is 22.5. The van der Waals surface area contributed by atoms with Crippen molar-refractivity contribution in [3.63, 3.8) is 0 Å². The molecular weight excluding hydrogens is 423 g/mol. The Labute approximate surface area is 178 Å². The van der Waals surface area contributed by atoms with Gasteiger partial charge in [0.1, 0.15) is 33.6 Å². The first-order valence-electron chi connectivity index (χ1n) is 9.14. The smallest absolute Gasteiger partial charge is 0.258 e. The number of benzene rings is 1. The summed E-state index contributed by atoms with van der Waals surface area (Å²) >= 11 is 0. The zero-order valence-corrected chi connectivity index (χ0v) is 18.0.